The van der Waals surface area contributed by atoms with E-state index in [0.29, 0.717) is 9.93 Å². The number of rotatable bonds is 9. The Kier molecular flexibility index (Phi) is 12.5. The number of aryl methyl sites for hydroxylation is 1. The second kappa shape index (κ2) is 13.1. The summed E-state index contributed by atoms with van der Waals surface area (Å²) in [6.07, 6.45) is 4.99. The summed E-state index contributed by atoms with van der Waals surface area (Å²) in [4.78, 5) is 36.8. The van der Waals surface area contributed by atoms with Gasteiger partial charge in [0.05, 0.1) is 12.4 Å². The number of carbonyl (C=O) groups is 3. The zero-order chi connectivity index (χ0) is 21.3. The minimum atomic E-state index is -0.574. The van der Waals surface area contributed by atoms with E-state index in [0.717, 1.165) is 5.56 Å². The van der Waals surface area contributed by atoms with Gasteiger partial charge in [0.15, 0.2) is 12.4 Å². The van der Waals surface area contributed by atoms with Gasteiger partial charge < -0.3 is 26.5 Å². The molecule has 0 atom stereocenters. The highest BCUT2D eigenvalue weighted by molar-refractivity contribution is 8.22. The van der Waals surface area contributed by atoms with Crippen molar-refractivity contribution in [3.05, 3.63) is 34.3 Å². The standard InChI is InChI=1S/C20H28NO5S2.BrH/c1-7-25-16(23)12-15(22)18(21-10-8-14(2)9-11-21)19(27-6)28-13-17(24)26-20(3,4)5;/h8-11H,7,12-13H2,1-6H3;1H/q+1;/p-1/b19-18-;. The zero-order valence-electron chi connectivity index (χ0n) is 17.6. The Balaban J connectivity index is 0.00000784. The molecule has 0 amide bonds. The van der Waals surface area contributed by atoms with Gasteiger partial charge in [-0.25, -0.2) is 0 Å². The first-order valence-corrected chi connectivity index (χ1v) is 11.1. The van der Waals surface area contributed by atoms with Gasteiger partial charge >= 0.3 is 11.9 Å². The molecule has 0 fully saturated rings. The molecule has 162 valence electrons. The van der Waals surface area contributed by atoms with Crippen LogP contribution in [-0.4, -0.2) is 41.9 Å². The van der Waals surface area contributed by atoms with Gasteiger partial charge in [-0.2, -0.15) is 4.57 Å². The maximum absolute atomic E-state index is 12.9. The topological polar surface area (TPSA) is 73.5 Å². The van der Waals surface area contributed by atoms with E-state index < -0.39 is 11.6 Å². The Bertz CT molecular complexity index is 742. The third kappa shape index (κ3) is 10.3. The SMILES string of the molecule is CCOC(=O)CC(=O)/C(=C(\SC)SCC(=O)OC(C)(C)C)[n+]1ccc(C)cc1.[Br-]. The molecule has 1 rings (SSSR count). The van der Waals surface area contributed by atoms with Gasteiger partial charge in [0.1, 0.15) is 16.3 Å². The molecule has 1 aromatic rings. The molecule has 0 unspecified atom stereocenters. The highest BCUT2D eigenvalue weighted by atomic mass is 79.9. The average Bonchev–Trinajstić information content (AvgIpc) is 2.58. The van der Waals surface area contributed by atoms with Crippen molar-refractivity contribution in [1.29, 1.82) is 0 Å². The number of pyridine rings is 1. The highest BCUT2D eigenvalue weighted by Crippen LogP contribution is 2.31. The molecule has 9 heteroatoms. The first-order valence-electron chi connectivity index (χ1n) is 8.87. The summed E-state index contributed by atoms with van der Waals surface area (Å²) in [5.41, 5.74) is 0.810. The molecule has 6 nitrogen and oxygen atoms in total. The van der Waals surface area contributed by atoms with Crippen LogP contribution in [-0.2, 0) is 23.9 Å². The number of ether oxygens (including phenoxy) is 2. The molecule has 0 saturated carbocycles. The van der Waals surface area contributed by atoms with Crippen molar-refractivity contribution >= 4 is 46.9 Å². The van der Waals surface area contributed by atoms with E-state index in [2.05, 4.69) is 0 Å². The summed E-state index contributed by atoms with van der Waals surface area (Å²) >= 11 is 2.57. The van der Waals surface area contributed by atoms with Gasteiger partial charge in [-0.3, -0.25) is 14.4 Å². The van der Waals surface area contributed by atoms with Gasteiger partial charge in [-0.15, -0.1) is 23.5 Å². The number of thioether (sulfide) groups is 2. The third-order valence-corrected chi connectivity index (χ3v) is 5.50. The predicted octanol–water partition coefficient (Wildman–Crippen LogP) is 0.373. The number of hydrogen-bond acceptors (Lipinski definition) is 7. The maximum Gasteiger partial charge on any atom is 0.316 e. The summed E-state index contributed by atoms with van der Waals surface area (Å²) in [5.74, 6) is -1.24. The van der Waals surface area contributed by atoms with Crippen LogP contribution in [0.1, 0.15) is 39.7 Å². The molecular weight excluding hydrogens is 478 g/mol. The van der Waals surface area contributed by atoms with Crippen molar-refractivity contribution < 1.29 is 45.4 Å². The van der Waals surface area contributed by atoms with Crippen LogP contribution in [0, 0.1) is 6.92 Å². The van der Waals surface area contributed by atoms with Crippen LogP contribution in [0.25, 0.3) is 5.70 Å². The number of halogens is 1. The second-order valence-electron chi connectivity index (χ2n) is 6.90. The quantitative estimate of drug-likeness (QED) is 0.208. The molecule has 0 saturated heterocycles. The number of nitrogens with zero attached hydrogens (tertiary/aromatic N) is 1. The van der Waals surface area contributed by atoms with Crippen LogP contribution in [0.5, 0.6) is 0 Å². The average molecular weight is 506 g/mol. The van der Waals surface area contributed by atoms with Crippen molar-refractivity contribution in [2.45, 2.75) is 46.6 Å². The fourth-order valence-electron chi connectivity index (χ4n) is 2.16. The molecule has 29 heavy (non-hydrogen) atoms. The summed E-state index contributed by atoms with van der Waals surface area (Å²) in [7, 11) is 0. The number of allylic oxidation sites excluding steroid dienone is 1. The third-order valence-electron chi connectivity index (χ3n) is 3.25. The molecular formula is C20H28BrNO5S2. The van der Waals surface area contributed by atoms with E-state index in [-0.39, 0.29) is 47.5 Å². The maximum atomic E-state index is 12.9. The van der Waals surface area contributed by atoms with Crippen LogP contribution < -0.4 is 21.5 Å². The second-order valence-corrected chi connectivity index (χ2v) is 8.96. The molecule has 0 spiro atoms. The molecule has 0 aliphatic rings. The van der Waals surface area contributed by atoms with Crippen molar-refractivity contribution in [2.75, 3.05) is 18.6 Å². The molecule has 0 radical (unpaired) electrons. The number of esters is 2. The fourth-order valence-corrected chi connectivity index (χ4v) is 3.88. The molecule has 0 aromatic carbocycles. The van der Waals surface area contributed by atoms with Gasteiger partial charge in [0.25, 0.3) is 5.70 Å². The lowest BCUT2D eigenvalue weighted by Gasteiger charge is -2.19. The van der Waals surface area contributed by atoms with Crippen LogP contribution in [0.3, 0.4) is 0 Å². The molecule has 0 aliphatic carbocycles. The van der Waals surface area contributed by atoms with Crippen molar-refractivity contribution in [2.24, 2.45) is 0 Å². The van der Waals surface area contributed by atoms with Crippen molar-refractivity contribution in [3.63, 3.8) is 0 Å². The van der Waals surface area contributed by atoms with E-state index >= 15 is 0 Å². The lowest BCUT2D eigenvalue weighted by atomic mass is 10.2. The number of Topliss-reactive ketones (excluding diaryl/α,β-unsaturated/α-hetero) is 1. The molecule has 0 aliphatic heterocycles. The number of hydrogen-bond donors (Lipinski definition) is 0. The van der Waals surface area contributed by atoms with E-state index in [1.807, 2.05) is 25.3 Å². The number of aromatic nitrogens is 1. The van der Waals surface area contributed by atoms with E-state index in [1.165, 1.54) is 23.5 Å². The summed E-state index contributed by atoms with van der Waals surface area (Å²) in [6.45, 7) is 9.26. The summed E-state index contributed by atoms with van der Waals surface area (Å²) < 4.78 is 12.5. The number of carbonyl (C=O) groups excluding carboxylic acids is 3. The van der Waals surface area contributed by atoms with Crippen LogP contribution in [0.2, 0.25) is 0 Å². The molecule has 0 N–H and O–H groups in total. The van der Waals surface area contributed by atoms with Gasteiger partial charge in [0.2, 0.25) is 5.78 Å². The monoisotopic (exact) mass is 505 g/mol. The Morgan fingerprint density at radius 2 is 1.69 bits per heavy atom. The molecule has 1 heterocycles. The fraction of sp³-hybridized carbons (Fsp3) is 0.500. The summed E-state index contributed by atoms with van der Waals surface area (Å²) in [6, 6.07) is 3.74. The van der Waals surface area contributed by atoms with E-state index in [9.17, 15) is 14.4 Å². The Morgan fingerprint density at radius 3 is 2.17 bits per heavy atom. The summed E-state index contributed by atoms with van der Waals surface area (Å²) in [5, 5.41) is 0. The zero-order valence-corrected chi connectivity index (χ0v) is 20.8. The van der Waals surface area contributed by atoms with Crippen molar-refractivity contribution in [1.82, 2.24) is 0 Å². The number of ketones is 1. The van der Waals surface area contributed by atoms with Crippen molar-refractivity contribution in [3.8, 4) is 0 Å². The van der Waals surface area contributed by atoms with E-state index in [1.54, 1.807) is 44.7 Å². The van der Waals surface area contributed by atoms with Crippen LogP contribution >= 0.6 is 23.5 Å². The Hall–Kier alpha value is -1.32. The first kappa shape index (κ1) is 27.7. The van der Waals surface area contributed by atoms with Gasteiger partial charge in [0, 0.05) is 12.1 Å². The minimum Gasteiger partial charge on any atom is -1.00 e. The highest BCUT2D eigenvalue weighted by Gasteiger charge is 2.29. The largest absolute Gasteiger partial charge is 1.00 e. The van der Waals surface area contributed by atoms with Gasteiger partial charge in [-0.1, -0.05) is 0 Å². The lowest BCUT2D eigenvalue weighted by molar-refractivity contribution is -0.577. The normalized spacial score (nSPS) is 11.8. The van der Waals surface area contributed by atoms with E-state index in [4.69, 9.17) is 9.47 Å². The predicted molar refractivity (Wildman–Crippen MR) is 113 cm³/mol. The van der Waals surface area contributed by atoms with Gasteiger partial charge in [-0.05, 0) is 46.4 Å². The Morgan fingerprint density at radius 1 is 1.10 bits per heavy atom. The smallest absolute Gasteiger partial charge is 0.316 e. The van der Waals surface area contributed by atoms with Crippen LogP contribution in [0.15, 0.2) is 28.8 Å². The minimum absolute atomic E-state index is 0. The molecule has 1 aromatic heterocycles. The molecule has 0 bridgehead atoms. The van der Waals surface area contributed by atoms with Crippen LogP contribution in [0.4, 0.5) is 0 Å². The first-order chi connectivity index (χ1) is 13.1. The Labute approximate surface area is 191 Å². The lowest BCUT2D eigenvalue weighted by Crippen LogP contribution is -3.00.